The largest absolute Gasteiger partial charge is 0.308 e. The van der Waals surface area contributed by atoms with Crippen molar-refractivity contribution in [3.05, 3.63) is 34.7 Å². The summed E-state index contributed by atoms with van der Waals surface area (Å²) in [6.45, 7) is 0.889. The second-order valence-electron chi connectivity index (χ2n) is 4.77. The summed E-state index contributed by atoms with van der Waals surface area (Å²) < 4.78 is 1.23. The fraction of sp³-hybridized carbons (Fsp3) is 0.286. The fourth-order valence-electron chi connectivity index (χ4n) is 1.99. The van der Waals surface area contributed by atoms with Crippen LogP contribution in [0.1, 0.15) is 17.8 Å². The van der Waals surface area contributed by atoms with Gasteiger partial charge in [-0.2, -0.15) is 0 Å². The Bertz CT molecular complexity index is 679. The molecule has 0 unspecified atom stereocenters. The van der Waals surface area contributed by atoms with Gasteiger partial charge in [-0.3, -0.25) is 0 Å². The molecule has 19 heavy (non-hydrogen) atoms. The number of aromatic nitrogens is 2. The zero-order valence-corrected chi connectivity index (χ0v) is 11.9. The van der Waals surface area contributed by atoms with Crippen LogP contribution in [0.25, 0.3) is 20.9 Å². The minimum Gasteiger partial charge on any atom is -0.308 e. The maximum Gasteiger partial charge on any atom is 0.143 e. The Morgan fingerprint density at radius 1 is 1.21 bits per heavy atom. The summed E-state index contributed by atoms with van der Waals surface area (Å²) in [7, 11) is 0. The van der Waals surface area contributed by atoms with Gasteiger partial charge in [0, 0.05) is 18.0 Å². The van der Waals surface area contributed by atoms with Crippen LogP contribution in [0.3, 0.4) is 0 Å². The summed E-state index contributed by atoms with van der Waals surface area (Å²) in [4.78, 5) is 9.33. The molecule has 4 rings (SSSR count). The second-order valence-corrected chi connectivity index (χ2v) is 6.74. The molecule has 1 aliphatic rings. The highest BCUT2D eigenvalue weighted by atomic mass is 32.1. The highest BCUT2D eigenvalue weighted by Gasteiger charge is 2.20. The van der Waals surface area contributed by atoms with Crippen LogP contribution in [0.5, 0.6) is 0 Å². The molecular formula is C14H13N3S2. The van der Waals surface area contributed by atoms with Gasteiger partial charge in [-0.05, 0) is 25.0 Å². The molecular weight excluding hydrogens is 274 g/mol. The highest BCUT2D eigenvalue weighted by Crippen LogP contribution is 2.30. The first-order chi connectivity index (χ1) is 9.38. The number of hydrogen-bond donors (Lipinski definition) is 1. The molecule has 0 bridgehead atoms. The van der Waals surface area contributed by atoms with Gasteiger partial charge in [-0.25, -0.2) is 9.97 Å². The van der Waals surface area contributed by atoms with Crippen molar-refractivity contribution in [2.75, 3.05) is 0 Å². The van der Waals surface area contributed by atoms with E-state index < -0.39 is 0 Å². The summed E-state index contributed by atoms with van der Waals surface area (Å²) in [6, 6.07) is 8.97. The molecule has 3 aromatic rings. The van der Waals surface area contributed by atoms with Gasteiger partial charge in [0.25, 0.3) is 0 Å². The predicted molar refractivity (Wildman–Crippen MR) is 80.6 cm³/mol. The Hall–Kier alpha value is -1.30. The molecule has 1 fully saturated rings. The van der Waals surface area contributed by atoms with Gasteiger partial charge in [0.15, 0.2) is 0 Å². The maximum absolute atomic E-state index is 4.68. The van der Waals surface area contributed by atoms with E-state index in [1.54, 1.807) is 22.7 Å². The fourth-order valence-corrected chi connectivity index (χ4v) is 3.72. The Morgan fingerprint density at radius 2 is 2.11 bits per heavy atom. The summed E-state index contributed by atoms with van der Waals surface area (Å²) in [5.74, 6) is 0. The Kier molecular flexibility index (Phi) is 2.83. The van der Waals surface area contributed by atoms with E-state index in [4.69, 9.17) is 0 Å². The number of hydrogen-bond acceptors (Lipinski definition) is 5. The standard InChI is InChI=1S/C14H13N3S2/c1-2-4-12-10(3-1)17-14(19-12)11-8-18-13(16-11)7-15-9-5-6-9/h1-4,8-9,15H,5-7H2. The van der Waals surface area contributed by atoms with Crippen molar-refractivity contribution in [1.29, 1.82) is 0 Å². The van der Waals surface area contributed by atoms with Crippen molar-refractivity contribution in [2.24, 2.45) is 0 Å². The Morgan fingerprint density at radius 3 is 2.95 bits per heavy atom. The van der Waals surface area contributed by atoms with E-state index in [2.05, 4.69) is 38.9 Å². The smallest absolute Gasteiger partial charge is 0.143 e. The van der Waals surface area contributed by atoms with Crippen molar-refractivity contribution in [3.8, 4) is 10.7 Å². The molecule has 1 aromatic carbocycles. The number of thiazole rings is 2. The number of nitrogens with one attached hydrogen (secondary N) is 1. The van der Waals surface area contributed by atoms with Crippen LogP contribution in [0.2, 0.25) is 0 Å². The first-order valence-electron chi connectivity index (χ1n) is 6.42. The zero-order valence-electron chi connectivity index (χ0n) is 10.3. The minimum absolute atomic E-state index is 0.731. The van der Waals surface area contributed by atoms with Gasteiger partial charge in [0.1, 0.15) is 15.7 Å². The van der Waals surface area contributed by atoms with Crippen molar-refractivity contribution in [2.45, 2.75) is 25.4 Å². The lowest BCUT2D eigenvalue weighted by molar-refractivity contribution is 0.685. The molecule has 2 heterocycles. The van der Waals surface area contributed by atoms with Crippen LogP contribution in [-0.4, -0.2) is 16.0 Å². The molecule has 5 heteroatoms. The number of fused-ring (bicyclic) bond motifs is 1. The van der Waals surface area contributed by atoms with Crippen molar-refractivity contribution in [1.82, 2.24) is 15.3 Å². The van der Waals surface area contributed by atoms with Crippen LogP contribution >= 0.6 is 22.7 Å². The quantitative estimate of drug-likeness (QED) is 0.795. The van der Waals surface area contributed by atoms with Crippen molar-refractivity contribution in [3.63, 3.8) is 0 Å². The summed E-state index contributed by atoms with van der Waals surface area (Å²) in [5.41, 5.74) is 2.08. The van der Waals surface area contributed by atoms with Crippen molar-refractivity contribution >= 4 is 32.9 Å². The van der Waals surface area contributed by atoms with Crippen molar-refractivity contribution < 1.29 is 0 Å². The zero-order chi connectivity index (χ0) is 12.7. The van der Waals surface area contributed by atoms with Crippen LogP contribution < -0.4 is 5.32 Å². The highest BCUT2D eigenvalue weighted by molar-refractivity contribution is 7.21. The lowest BCUT2D eigenvalue weighted by Gasteiger charge is -1.96. The number of para-hydroxylation sites is 1. The van der Waals surface area contributed by atoms with E-state index in [1.165, 1.54) is 17.5 Å². The topological polar surface area (TPSA) is 37.8 Å². The number of nitrogens with zero attached hydrogens (tertiary/aromatic N) is 2. The molecule has 1 aliphatic carbocycles. The lowest BCUT2D eigenvalue weighted by atomic mass is 10.3. The third kappa shape index (κ3) is 2.41. The average molecular weight is 287 g/mol. The molecule has 0 radical (unpaired) electrons. The van der Waals surface area contributed by atoms with Crippen LogP contribution in [0.4, 0.5) is 0 Å². The van der Waals surface area contributed by atoms with Gasteiger partial charge in [-0.15, -0.1) is 22.7 Å². The van der Waals surface area contributed by atoms with Crippen LogP contribution in [0.15, 0.2) is 29.6 Å². The molecule has 3 nitrogen and oxygen atoms in total. The molecule has 0 amide bonds. The molecule has 2 aromatic heterocycles. The van der Waals surface area contributed by atoms with E-state index in [9.17, 15) is 0 Å². The van der Waals surface area contributed by atoms with Gasteiger partial charge >= 0.3 is 0 Å². The van der Waals surface area contributed by atoms with Crippen LogP contribution in [-0.2, 0) is 6.54 Å². The number of rotatable bonds is 4. The van der Waals surface area contributed by atoms with Gasteiger partial charge < -0.3 is 5.32 Å². The Labute approximate surface area is 119 Å². The summed E-state index contributed by atoms with van der Waals surface area (Å²) in [5, 5.41) is 7.79. The molecule has 1 N–H and O–H groups in total. The third-order valence-corrected chi connectivity index (χ3v) is 5.09. The third-order valence-electron chi connectivity index (χ3n) is 3.18. The van der Waals surface area contributed by atoms with E-state index >= 15 is 0 Å². The number of benzene rings is 1. The molecule has 0 atom stereocenters. The van der Waals surface area contributed by atoms with E-state index in [0.29, 0.717) is 0 Å². The van der Waals surface area contributed by atoms with Gasteiger partial charge in [0.2, 0.25) is 0 Å². The monoisotopic (exact) mass is 287 g/mol. The average Bonchev–Trinajstić information content (AvgIpc) is 2.99. The lowest BCUT2D eigenvalue weighted by Crippen LogP contribution is -2.14. The normalized spacial score (nSPS) is 15.2. The first kappa shape index (κ1) is 11.5. The minimum atomic E-state index is 0.731. The molecule has 96 valence electrons. The van der Waals surface area contributed by atoms with Gasteiger partial charge in [0.05, 0.1) is 10.2 Å². The SMILES string of the molecule is c1ccc2sc(-c3csc(CNC4CC4)n3)nc2c1. The van der Waals surface area contributed by atoms with E-state index in [1.807, 2.05) is 6.07 Å². The van der Waals surface area contributed by atoms with Crippen LogP contribution in [0, 0.1) is 0 Å². The molecule has 0 saturated heterocycles. The summed E-state index contributed by atoms with van der Waals surface area (Å²) in [6.07, 6.45) is 2.63. The Balaban J connectivity index is 1.60. The van der Waals surface area contributed by atoms with Gasteiger partial charge in [-0.1, -0.05) is 12.1 Å². The predicted octanol–water partition coefficient (Wildman–Crippen LogP) is 3.67. The second kappa shape index (κ2) is 4.67. The van der Waals surface area contributed by atoms with E-state index in [-0.39, 0.29) is 0 Å². The molecule has 0 aliphatic heterocycles. The first-order valence-corrected chi connectivity index (χ1v) is 8.12. The summed E-state index contributed by atoms with van der Waals surface area (Å²) >= 11 is 3.43. The molecule has 0 spiro atoms. The van der Waals surface area contributed by atoms with E-state index in [0.717, 1.165) is 33.8 Å². The maximum atomic E-state index is 4.68. The molecule has 1 saturated carbocycles.